The molecule has 23 heavy (non-hydrogen) atoms. The molecule has 2 rings (SSSR count). The number of nitrogens with zero attached hydrogens (tertiary/aromatic N) is 1. The molecule has 0 aliphatic carbocycles. The molecule has 2 atom stereocenters. The van der Waals surface area contributed by atoms with Crippen molar-refractivity contribution >= 4 is 8.32 Å². The predicted octanol–water partition coefficient (Wildman–Crippen LogP) is 2.38. The van der Waals surface area contributed by atoms with Gasteiger partial charge in [-0.15, -0.1) is 0 Å². The fourth-order valence-corrected chi connectivity index (χ4v) is 3.24. The number of hydrogen-bond acceptors (Lipinski definition) is 4. The molecule has 0 radical (unpaired) electrons. The molecule has 1 N–H and O–H groups in total. The van der Waals surface area contributed by atoms with E-state index in [0.717, 1.165) is 17.2 Å². The van der Waals surface area contributed by atoms with E-state index in [-0.39, 0.29) is 11.1 Å². The van der Waals surface area contributed by atoms with Gasteiger partial charge >= 0.3 is 5.69 Å². The molecular weight excluding hydrogens is 319 g/mol. The molecule has 1 aliphatic heterocycles. The number of nitrogens with one attached hydrogen (secondary N) is 1. The first-order valence-corrected chi connectivity index (χ1v) is 10.7. The first kappa shape index (κ1) is 18.1. The molecule has 0 amide bonds. The van der Waals surface area contributed by atoms with Crippen LogP contribution in [0.5, 0.6) is 0 Å². The van der Waals surface area contributed by atoms with E-state index in [0.29, 0.717) is 13.0 Å². The van der Waals surface area contributed by atoms with Gasteiger partial charge in [0.25, 0.3) is 5.56 Å². The first-order chi connectivity index (χ1) is 10.5. The van der Waals surface area contributed by atoms with E-state index in [1.807, 2.05) is 4.98 Å². The Labute approximate surface area is 135 Å². The van der Waals surface area contributed by atoms with E-state index in [1.54, 1.807) is 0 Å². The summed E-state index contributed by atoms with van der Waals surface area (Å²) in [6.45, 7) is 11.3. The van der Waals surface area contributed by atoms with Crippen LogP contribution in [-0.2, 0) is 9.16 Å². The lowest BCUT2D eigenvalue weighted by Crippen LogP contribution is -2.42. The maximum atomic E-state index is 13.4. The van der Waals surface area contributed by atoms with Crippen molar-refractivity contribution in [2.75, 3.05) is 6.61 Å². The van der Waals surface area contributed by atoms with E-state index >= 15 is 0 Å². The summed E-state index contributed by atoms with van der Waals surface area (Å²) in [5.41, 5.74) is -1.67. The first-order valence-electron chi connectivity index (χ1n) is 7.81. The number of aromatic amines is 1. The van der Waals surface area contributed by atoms with Crippen LogP contribution in [0.4, 0.5) is 4.39 Å². The highest BCUT2D eigenvalue weighted by Crippen LogP contribution is 2.37. The summed E-state index contributed by atoms with van der Waals surface area (Å²) in [4.78, 5) is 24.8. The third kappa shape index (κ3) is 3.99. The monoisotopic (exact) mass is 344 g/mol. The zero-order valence-corrected chi connectivity index (χ0v) is 15.3. The average Bonchev–Trinajstić information content (AvgIpc) is 2.88. The maximum Gasteiger partial charge on any atom is 0.330 e. The van der Waals surface area contributed by atoms with Crippen LogP contribution < -0.4 is 11.2 Å². The topological polar surface area (TPSA) is 73.3 Å². The van der Waals surface area contributed by atoms with Gasteiger partial charge in [-0.2, -0.15) is 4.39 Å². The largest absolute Gasteiger partial charge is 0.414 e. The summed E-state index contributed by atoms with van der Waals surface area (Å²) in [6.07, 6.45) is 1.52. The average molecular weight is 344 g/mol. The molecule has 0 unspecified atom stereocenters. The van der Waals surface area contributed by atoms with Crippen LogP contribution in [0, 0.1) is 5.82 Å². The Kier molecular flexibility index (Phi) is 4.98. The molecule has 0 aromatic carbocycles. The third-order valence-electron chi connectivity index (χ3n) is 4.76. The van der Waals surface area contributed by atoms with Gasteiger partial charge in [-0.1, -0.05) is 20.8 Å². The molecule has 1 aliphatic rings. The quantitative estimate of drug-likeness (QED) is 0.851. The number of hydrogen-bond donors (Lipinski definition) is 1. The van der Waals surface area contributed by atoms with E-state index < -0.39 is 31.6 Å². The van der Waals surface area contributed by atoms with Gasteiger partial charge in [0.1, 0.15) is 6.23 Å². The Morgan fingerprint density at radius 3 is 2.65 bits per heavy atom. The van der Waals surface area contributed by atoms with Crippen LogP contribution in [-0.4, -0.2) is 30.6 Å². The van der Waals surface area contributed by atoms with Crippen LogP contribution in [0.15, 0.2) is 15.8 Å². The normalized spacial score (nSPS) is 22.5. The fourth-order valence-electron chi connectivity index (χ4n) is 2.21. The molecule has 2 heterocycles. The predicted molar refractivity (Wildman–Crippen MR) is 87.6 cm³/mol. The Bertz CT molecular complexity index is 677. The van der Waals surface area contributed by atoms with Gasteiger partial charge in [0, 0.05) is 0 Å². The number of ether oxygens (including phenoxy) is 1. The minimum atomic E-state index is -1.86. The zero-order chi connectivity index (χ0) is 17.4. The minimum Gasteiger partial charge on any atom is -0.414 e. The van der Waals surface area contributed by atoms with Gasteiger partial charge < -0.3 is 9.16 Å². The van der Waals surface area contributed by atoms with Crippen LogP contribution in [0.2, 0.25) is 18.1 Å². The van der Waals surface area contributed by atoms with Gasteiger partial charge in [-0.3, -0.25) is 14.3 Å². The number of aromatic nitrogens is 2. The fraction of sp³-hybridized carbons (Fsp3) is 0.733. The maximum absolute atomic E-state index is 13.4. The van der Waals surface area contributed by atoms with E-state index in [2.05, 4.69) is 33.9 Å². The molecule has 130 valence electrons. The second-order valence-electron chi connectivity index (χ2n) is 7.50. The van der Waals surface area contributed by atoms with Crippen molar-refractivity contribution in [3.8, 4) is 0 Å². The van der Waals surface area contributed by atoms with Crippen molar-refractivity contribution in [1.82, 2.24) is 9.55 Å². The van der Waals surface area contributed by atoms with Gasteiger partial charge in [0.15, 0.2) is 8.32 Å². The van der Waals surface area contributed by atoms with Gasteiger partial charge in [0.2, 0.25) is 5.82 Å². The smallest absolute Gasteiger partial charge is 0.330 e. The summed E-state index contributed by atoms with van der Waals surface area (Å²) in [5.74, 6) is -0.992. The second-order valence-corrected chi connectivity index (χ2v) is 12.3. The number of halogens is 1. The standard InChI is InChI=1S/C15H25FN2O4Si/c1-15(2,3)23(4,5)21-9-10-6-7-12(22-10)18-8-11(16)13(19)17-14(18)20/h8,10,12H,6-7,9H2,1-5H3,(H,17,19,20)/t10-,12-/m1/s1. The Hall–Kier alpha value is -1.25. The van der Waals surface area contributed by atoms with E-state index in [4.69, 9.17) is 9.16 Å². The van der Waals surface area contributed by atoms with Crippen molar-refractivity contribution in [1.29, 1.82) is 0 Å². The summed E-state index contributed by atoms with van der Waals surface area (Å²) >= 11 is 0. The summed E-state index contributed by atoms with van der Waals surface area (Å²) < 4.78 is 26.4. The second kappa shape index (κ2) is 6.33. The molecule has 1 aromatic heterocycles. The molecule has 0 saturated carbocycles. The SMILES string of the molecule is CC(C)(C)[Si](C)(C)OC[C@H]1CC[C@H](n2cc(F)c(=O)[nH]c2=O)O1. The third-order valence-corrected chi connectivity index (χ3v) is 9.26. The zero-order valence-electron chi connectivity index (χ0n) is 14.3. The summed E-state index contributed by atoms with van der Waals surface area (Å²) in [6, 6.07) is 0. The molecule has 1 fully saturated rings. The molecule has 1 aromatic rings. The van der Waals surface area contributed by atoms with Gasteiger partial charge in [-0.05, 0) is 31.0 Å². The highest BCUT2D eigenvalue weighted by Gasteiger charge is 2.38. The Morgan fingerprint density at radius 1 is 1.39 bits per heavy atom. The van der Waals surface area contributed by atoms with Crippen LogP contribution in [0.25, 0.3) is 0 Å². The lowest BCUT2D eigenvalue weighted by atomic mass is 10.2. The van der Waals surface area contributed by atoms with Crippen molar-refractivity contribution in [3.63, 3.8) is 0 Å². The van der Waals surface area contributed by atoms with E-state index in [9.17, 15) is 14.0 Å². The van der Waals surface area contributed by atoms with Crippen molar-refractivity contribution in [2.24, 2.45) is 0 Å². The van der Waals surface area contributed by atoms with Crippen LogP contribution in [0.1, 0.15) is 39.8 Å². The van der Waals surface area contributed by atoms with Crippen molar-refractivity contribution in [3.05, 3.63) is 32.9 Å². The minimum absolute atomic E-state index is 0.115. The Morgan fingerprint density at radius 2 is 2.04 bits per heavy atom. The lowest BCUT2D eigenvalue weighted by molar-refractivity contribution is -0.0226. The van der Waals surface area contributed by atoms with Crippen molar-refractivity contribution < 1.29 is 13.6 Å². The van der Waals surface area contributed by atoms with E-state index in [1.165, 1.54) is 0 Å². The van der Waals surface area contributed by atoms with Crippen molar-refractivity contribution in [2.45, 2.75) is 64.1 Å². The molecule has 0 spiro atoms. The number of H-pyrrole nitrogens is 1. The molecule has 1 saturated heterocycles. The summed E-state index contributed by atoms with van der Waals surface area (Å²) in [7, 11) is -1.86. The van der Waals surface area contributed by atoms with Gasteiger partial charge in [0.05, 0.1) is 18.9 Å². The molecule has 8 heteroatoms. The highest BCUT2D eigenvalue weighted by atomic mass is 28.4. The molecular formula is C15H25FN2O4Si. The molecule has 0 bridgehead atoms. The van der Waals surface area contributed by atoms with Gasteiger partial charge in [-0.25, -0.2) is 4.79 Å². The molecule has 6 nitrogen and oxygen atoms in total. The Balaban J connectivity index is 2.01. The van der Waals surface area contributed by atoms with Crippen LogP contribution in [0.3, 0.4) is 0 Å². The highest BCUT2D eigenvalue weighted by molar-refractivity contribution is 6.74. The summed E-state index contributed by atoms with van der Waals surface area (Å²) in [5, 5.41) is 0.115. The lowest BCUT2D eigenvalue weighted by Gasteiger charge is -2.36. The van der Waals surface area contributed by atoms with Crippen LogP contribution >= 0.6 is 0 Å². The number of rotatable bonds is 4.